The van der Waals surface area contributed by atoms with Crippen LogP contribution in [0, 0.1) is 0 Å². The minimum Gasteiger partial charge on any atom is -0.756 e. The van der Waals surface area contributed by atoms with Crippen molar-refractivity contribution >= 4 is 13.8 Å². The predicted octanol–water partition coefficient (Wildman–Crippen LogP) is 13.5. The van der Waals surface area contributed by atoms with Gasteiger partial charge in [-0.3, -0.25) is 9.36 Å². The molecule has 9 heteroatoms. The molecule has 0 aliphatic carbocycles. The highest BCUT2D eigenvalue weighted by atomic mass is 31.2. The molecule has 0 saturated carbocycles. The average Bonchev–Trinajstić information content (AvgIpc) is 3.18. The van der Waals surface area contributed by atoms with Crippen LogP contribution in [0.2, 0.25) is 0 Å². The number of allylic oxidation sites excluding steroid dienone is 10. The normalized spacial score (nSPS) is 14.2. The molecule has 0 spiro atoms. The fraction of sp³-hybridized carbons (Fsp3) is 0.776. The molecule has 0 amide bonds. The maximum Gasteiger partial charge on any atom is 0.306 e. The number of phosphoric acid groups is 1. The first kappa shape index (κ1) is 56.2. The Labute approximate surface area is 358 Å². The van der Waals surface area contributed by atoms with Crippen LogP contribution >= 0.6 is 7.82 Å². The third-order valence-corrected chi connectivity index (χ3v) is 10.7. The first-order chi connectivity index (χ1) is 28.1. The number of quaternary nitrogens is 1. The van der Waals surface area contributed by atoms with E-state index in [0.717, 1.165) is 64.2 Å². The summed E-state index contributed by atoms with van der Waals surface area (Å²) in [5.41, 5.74) is 0. The van der Waals surface area contributed by atoms with Gasteiger partial charge in [-0.1, -0.05) is 171 Å². The molecule has 0 radical (unpaired) electrons. The molecule has 0 aliphatic rings. The Morgan fingerprint density at radius 2 is 1.00 bits per heavy atom. The van der Waals surface area contributed by atoms with Crippen LogP contribution in [0.15, 0.2) is 60.8 Å². The Kier molecular flexibility index (Phi) is 40.6. The summed E-state index contributed by atoms with van der Waals surface area (Å²) in [6.07, 6.45) is 52.4. The van der Waals surface area contributed by atoms with Gasteiger partial charge in [0.25, 0.3) is 7.82 Å². The van der Waals surface area contributed by atoms with E-state index in [1.54, 1.807) is 0 Å². The van der Waals surface area contributed by atoms with Crippen molar-refractivity contribution in [2.45, 2.75) is 193 Å². The second kappa shape index (κ2) is 41.9. The van der Waals surface area contributed by atoms with E-state index in [4.69, 9.17) is 18.5 Å². The van der Waals surface area contributed by atoms with Crippen LogP contribution in [-0.2, 0) is 27.9 Å². The number of hydrogen-bond acceptors (Lipinski definition) is 7. The van der Waals surface area contributed by atoms with Crippen LogP contribution in [0.3, 0.4) is 0 Å². The SMILES string of the molecule is CC/C=C\C/C=C\C/C=C\C/C=C\CCCCCCCCCCCCCCC(=O)OC(COCCCCCCCC/C=C\CCC)COP(=O)([O-])OCC[N+](C)(C)C. The Morgan fingerprint density at radius 1 is 0.552 bits per heavy atom. The summed E-state index contributed by atoms with van der Waals surface area (Å²) in [7, 11) is 1.35. The van der Waals surface area contributed by atoms with Crippen molar-refractivity contribution in [3.63, 3.8) is 0 Å². The van der Waals surface area contributed by atoms with Crippen LogP contribution in [0.25, 0.3) is 0 Å². The van der Waals surface area contributed by atoms with E-state index in [9.17, 15) is 14.3 Å². The van der Waals surface area contributed by atoms with Crippen LogP contribution < -0.4 is 4.89 Å². The van der Waals surface area contributed by atoms with Crippen molar-refractivity contribution in [2.75, 3.05) is 54.1 Å². The first-order valence-electron chi connectivity index (χ1n) is 23.5. The maximum atomic E-state index is 12.7. The number of phosphoric ester groups is 1. The van der Waals surface area contributed by atoms with Gasteiger partial charge in [-0.2, -0.15) is 0 Å². The number of carbonyl (C=O) groups excluding carboxylic acids is 1. The molecule has 2 unspecified atom stereocenters. The molecule has 0 rings (SSSR count). The molecule has 0 aromatic rings. The van der Waals surface area contributed by atoms with E-state index < -0.39 is 13.9 Å². The average molecular weight is 836 g/mol. The predicted molar refractivity (Wildman–Crippen MR) is 245 cm³/mol. The van der Waals surface area contributed by atoms with Gasteiger partial charge in [0.2, 0.25) is 0 Å². The fourth-order valence-electron chi connectivity index (χ4n) is 6.19. The zero-order valence-electron chi connectivity index (χ0n) is 38.2. The molecule has 0 N–H and O–H groups in total. The van der Waals surface area contributed by atoms with Gasteiger partial charge in [-0.15, -0.1) is 0 Å². The van der Waals surface area contributed by atoms with Gasteiger partial charge < -0.3 is 27.9 Å². The molecular formula is C49H90NO7P. The molecule has 8 nitrogen and oxygen atoms in total. The minimum absolute atomic E-state index is 0.0228. The summed E-state index contributed by atoms with van der Waals surface area (Å²) in [6.45, 7) is 5.23. The van der Waals surface area contributed by atoms with Crippen molar-refractivity contribution in [3.05, 3.63) is 60.8 Å². The molecular weight excluding hydrogens is 746 g/mol. The standard InChI is InChI=1S/C49H90NO7P/c1-6-8-10-12-14-16-18-19-20-21-22-23-24-25-26-27-28-29-30-31-32-34-36-38-40-42-49(51)57-48(47-56-58(52,53)55-45-43-50(3,4)5)46-54-44-41-39-37-35-33-17-15-13-11-9-7-2/h8,10-11,13-14,16,19-20,22-23,48H,6-7,9,12,15,17-18,21,24-47H2,1-5H3/b10-8-,13-11-,16-14-,20-19-,23-22-. The molecule has 0 aliphatic heterocycles. The number of hydrogen-bond donors (Lipinski definition) is 0. The lowest BCUT2D eigenvalue weighted by Crippen LogP contribution is -2.37. The molecule has 0 aromatic heterocycles. The van der Waals surface area contributed by atoms with Crippen molar-refractivity contribution in [3.8, 4) is 0 Å². The van der Waals surface area contributed by atoms with E-state index in [2.05, 4.69) is 74.6 Å². The zero-order valence-corrected chi connectivity index (χ0v) is 39.1. The number of ether oxygens (including phenoxy) is 2. The van der Waals surface area contributed by atoms with Crippen molar-refractivity contribution in [1.29, 1.82) is 0 Å². The largest absolute Gasteiger partial charge is 0.756 e. The second-order valence-electron chi connectivity index (χ2n) is 16.7. The topological polar surface area (TPSA) is 94.1 Å². The van der Waals surface area contributed by atoms with Gasteiger partial charge in [-0.05, 0) is 70.6 Å². The molecule has 338 valence electrons. The summed E-state index contributed by atoms with van der Waals surface area (Å²) in [6, 6.07) is 0. The third kappa shape index (κ3) is 45.3. The molecule has 0 bridgehead atoms. The maximum absolute atomic E-state index is 12.7. The van der Waals surface area contributed by atoms with Crippen LogP contribution in [-0.4, -0.2) is 70.7 Å². The van der Waals surface area contributed by atoms with Gasteiger partial charge in [0.1, 0.15) is 19.3 Å². The number of esters is 1. The van der Waals surface area contributed by atoms with Gasteiger partial charge >= 0.3 is 5.97 Å². The molecule has 2 atom stereocenters. The number of nitrogens with zero attached hydrogens (tertiary/aromatic N) is 1. The highest BCUT2D eigenvalue weighted by molar-refractivity contribution is 7.45. The molecule has 0 saturated heterocycles. The van der Waals surface area contributed by atoms with Crippen molar-refractivity contribution in [2.24, 2.45) is 0 Å². The van der Waals surface area contributed by atoms with Crippen molar-refractivity contribution < 1.29 is 37.3 Å². The summed E-state index contributed by atoms with van der Waals surface area (Å²) in [4.78, 5) is 25.1. The number of rotatable bonds is 43. The quantitative estimate of drug-likeness (QED) is 0.0198. The van der Waals surface area contributed by atoms with E-state index >= 15 is 0 Å². The van der Waals surface area contributed by atoms with E-state index in [-0.39, 0.29) is 25.8 Å². The summed E-state index contributed by atoms with van der Waals surface area (Å²) in [5, 5.41) is 0. The molecule has 0 heterocycles. The Hall–Kier alpha value is -1.80. The van der Waals surface area contributed by atoms with Gasteiger partial charge in [0, 0.05) is 13.0 Å². The lowest BCUT2D eigenvalue weighted by Gasteiger charge is -2.28. The van der Waals surface area contributed by atoms with Gasteiger partial charge in [0.15, 0.2) is 0 Å². The summed E-state index contributed by atoms with van der Waals surface area (Å²) < 4.78 is 34.6. The third-order valence-electron chi connectivity index (χ3n) is 9.78. The van der Waals surface area contributed by atoms with E-state index in [0.29, 0.717) is 24.1 Å². The fourth-order valence-corrected chi connectivity index (χ4v) is 6.92. The lowest BCUT2D eigenvalue weighted by atomic mass is 10.0. The molecule has 58 heavy (non-hydrogen) atoms. The summed E-state index contributed by atoms with van der Waals surface area (Å²) in [5.74, 6) is -0.341. The zero-order chi connectivity index (χ0) is 42.7. The lowest BCUT2D eigenvalue weighted by molar-refractivity contribution is -0.870. The van der Waals surface area contributed by atoms with E-state index in [1.807, 2.05) is 21.1 Å². The second-order valence-corrected chi connectivity index (χ2v) is 18.1. The number of carbonyl (C=O) groups is 1. The van der Waals surface area contributed by atoms with Crippen molar-refractivity contribution in [1.82, 2.24) is 0 Å². The first-order valence-corrected chi connectivity index (χ1v) is 25.0. The van der Waals surface area contributed by atoms with Gasteiger partial charge in [-0.25, -0.2) is 0 Å². The molecule has 0 aromatic carbocycles. The molecule has 0 fully saturated rings. The smallest absolute Gasteiger partial charge is 0.306 e. The highest BCUT2D eigenvalue weighted by Gasteiger charge is 2.20. The Morgan fingerprint density at radius 3 is 1.52 bits per heavy atom. The number of likely N-dealkylation sites (N-methyl/N-ethyl adjacent to an activating group) is 1. The Bertz CT molecular complexity index is 1110. The Balaban J connectivity index is 4.09. The van der Waals surface area contributed by atoms with Gasteiger partial charge in [0.05, 0.1) is 34.4 Å². The van der Waals surface area contributed by atoms with Crippen LogP contribution in [0.4, 0.5) is 0 Å². The highest BCUT2D eigenvalue weighted by Crippen LogP contribution is 2.38. The number of unbranched alkanes of at least 4 members (excludes halogenated alkanes) is 19. The minimum atomic E-state index is -4.53. The van der Waals surface area contributed by atoms with Crippen LogP contribution in [0.1, 0.15) is 187 Å². The monoisotopic (exact) mass is 836 g/mol. The summed E-state index contributed by atoms with van der Waals surface area (Å²) >= 11 is 0. The van der Waals surface area contributed by atoms with Crippen LogP contribution in [0.5, 0.6) is 0 Å². The van der Waals surface area contributed by atoms with E-state index in [1.165, 1.54) is 103 Å².